The number of hydrogen-bond donors (Lipinski definition) is 1. The summed E-state index contributed by atoms with van der Waals surface area (Å²) in [5.74, 6) is 0. The van der Waals surface area contributed by atoms with E-state index in [1.165, 1.54) is 11.3 Å². The van der Waals surface area contributed by atoms with Crippen LogP contribution >= 0.6 is 0 Å². The van der Waals surface area contributed by atoms with Crippen molar-refractivity contribution in [2.24, 2.45) is 0 Å². The second-order valence-corrected chi connectivity index (χ2v) is 2.81. The van der Waals surface area contributed by atoms with Gasteiger partial charge in [-0.3, -0.25) is 0 Å². The summed E-state index contributed by atoms with van der Waals surface area (Å²) in [6.07, 6.45) is 9.53. The van der Waals surface area contributed by atoms with Gasteiger partial charge in [-0.2, -0.15) is 0 Å². The van der Waals surface area contributed by atoms with Gasteiger partial charge in [0.2, 0.25) is 0 Å². The first kappa shape index (κ1) is 7.28. The second-order valence-electron chi connectivity index (χ2n) is 2.81. The third-order valence-electron chi connectivity index (χ3n) is 1.96. The van der Waals surface area contributed by atoms with Gasteiger partial charge in [0, 0.05) is 24.9 Å². The molecule has 3 nitrogen and oxygen atoms in total. The minimum Gasteiger partial charge on any atom is -0.391 e. The van der Waals surface area contributed by atoms with Crippen molar-refractivity contribution in [3.8, 4) is 0 Å². The average molecular weight is 161 g/mol. The quantitative estimate of drug-likeness (QED) is 0.608. The van der Waals surface area contributed by atoms with Crippen molar-refractivity contribution in [3.05, 3.63) is 36.1 Å². The van der Waals surface area contributed by atoms with Crippen molar-refractivity contribution in [3.63, 3.8) is 0 Å². The molecule has 0 spiro atoms. The average Bonchev–Trinajstić information content (AvgIpc) is 2.06. The van der Waals surface area contributed by atoms with E-state index >= 15 is 0 Å². The van der Waals surface area contributed by atoms with Gasteiger partial charge in [0.15, 0.2) is 0 Å². The zero-order valence-corrected chi connectivity index (χ0v) is 6.83. The summed E-state index contributed by atoms with van der Waals surface area (Å²) < 4.78 is 0. The standard InChI is InChI=1S/C9H11N3/c1-2-8-6-11-7-12-9(8)3-5-10-4-1/h1,4,6-7,10H,2-3,5H2. The highest BCUT2D eigenvalue weighted by Crippen LogP contribution is 2.06. The first-order valence-electron chi connectivity index (χ1n) is 4.13. The number of nitrogens with one attached hydrogen (secondary N) is 1. The fourth-order valence-electron chi connectivity index (χ4n) is 1.32. The number of nitrogens with zero attached hydrogens (tertiary/aromatic N) is 2. The highest BCUT2D eigenvalue weighted by atomic mass is 14.9. The first-order chi connectivity index (χ1) is 5.97. The largest absolute Gasteiger partial charge is 0.391 e. The van der Waals surface area contributed by atoms with Crippen LogP contribution in [0.3, 0.4) is 0 Å². The van der Waals surface area contributed by atoms with E-state index in [2.05, 4.69) is 21.4 Å². The Morgan fingerprint density at radius 2 is 2.42 bits per heavy atom. The summed E-state index contributed by atoms with van der Waals surface area (Å²) in [5, 5.41) is 3.19. The number of fused-ring (bicyclic) bond motifs is 1. The van der Waals surface area contributed by atoms with Gasteiger partial charge in [-0.1, -0.05) is 6.08 Å². The molecule has 0 atom stereocenters. The highest BCUT2D eigenvalue weighted by Gasteiger charge is 2.03. The molecule has 0 amide bonds. The predicted molar refractivity (Wildman–Crippen MR) is 46.6 cm³/mol. The predicted octanol–water partition coefficient (Wildman–Crippen LogP) is 0.679. The molecule has 1 N–H and O–H groups in total. The monoisotopic (exact) mass is 161 g/mol. The van der Waals surface area contributed by atoms with Gasteiger partial charge in [-0.15, -0.1) is 0 Å². The third kappa shape index (κ3) is 1.44. The minimum absolute atomic E-state index is 0.934. The Morgan fingerprint density at radius 3 is 3.42 bits per heavy atom. The maximum atomic E-state index is 4.24. The topological polar surface area (TPSA) is 37.8 Å². The van der Waals surface area contributed by atoms with Crippen molar-refractivity contribution in [2.45, 2.75) is 12.8 Å². The number of rotatable bonds is 0. The molecule has 62 valence electrons. The molecule has 0 radical (unpaired) electrons. The Kier molecular flexibility index (Phi) is 2.03. The lowest BCUT2D eigenvalue weighted by Crippen LogP contribution is -2.14. The lowest BCUT2D eigenvalue weighted by molar-refractivity contribution is 0.783. The molecule has 0 saturated carbocycles. The van der Waals surface area contributed by atoms with Crippen LogP contribution in [-0.4, -0.2) is 16.5 Å². The highest BCUT2D eigenvalue weighted by molar-refractivity contribution is 5.20. The maximum Gasteiger partial charge on any atom is 0.115 e. The lowest BCUT2D eigenvalue weighted by atomic mass is 10.1. The fraction of sp³-hybridized carbons (Fsp3) is 0.333. The van der Waals surface area contributed by atoms with Crippen molar-refractivity contribution in [2.75, 3.05) is 6.54 Å². The smallest absolute Gasteiger partial charge is 0.115 e. The van der Waals surface area contributed by atoms with Crippen molar-refractivity contribution in [1.29, 1.82) is 0 Å². The van der Waals surface area contributed by atoms with Crippen LogP contribution in [0.1, 0.15) is 11.3 Å². The Balaban J connectivity index is 2.32. The SMILES string of the molecule is C1=CNCCc2ncncc2C1. The number of aromatic nitrogens is 2. The van der Waals surface area contributed by atoms with Crippen molar-refractivity contribution >= 4 is 0 Å². The summed E-state index contributed by atoms with van der Waals surface area (Å²) in [7, 11) is 0. The molecular weight excluding hydrogens is 150 g/mol. The van der Waals surface area contributed by atoms with E-state index in [-0.39, 0.29) is 0 Å². The first-order valence-corrected chi connectivity index (χ1v) is 4.13. The maximum absolute atomic E-state index is 4.24. The van der Waals surface area contributed by atoms with Gasteiger partial charge in [0.1, 0.15) is 6.33 Å². The number of allylic oxidation sites excluding steroid dienone is 1. The molecule has 1 aromatic rings. The summed E-state index contributed by atoms with van der Waals surface area (Å²) in [4.78, 5) is 8.24. The molecular formula is C9H11N3. The summed E-state index contributed by atoms with van der Waals surface area (Å²) in [5.41, 5.74) is 2.41. The molecule has 1 aliphatic rings. The molecule has 1 aromatic heterocycles. The van der Waals surface area contributed by atoms with E-state index in [1.54, 1.807) is 6.33 Å². The van der Waals surface area contributed by atoms with E-state index < -0.39 is 0 Å². The Hall–Kier alpha value is -1.38. The van der Waals surface area contributed by atoms with E-state index in [1.807, 2.05) is 12.4 Å². The second kappa shape index (κ2) is 3.34. The Labute approximate surface area is 71.5 Å². The zero-order valence-electron chi connectivity index (χ0n) is 6.83. The molecule has 2 heterocycles. The van der Waals surface area contributed by atoms with Crippen LogP contribution in [-0.2, 0) is 12.8 Å². The molecule has 0 saturated heterocycles. The van der Waals surface area contributed by atoms with Gasteiger partial charge >= 0.3 is 0 Å². The van der Waals surface area contributed by atoms with Crippen LogP contribution < -0.4 is 5.32 Å². The van der Waals surface area contributed by atoms with E-state index in [9.17, 15) is 0 Å². The minimum atomic E-state index is 0.934. The lowest BCUT2D eigenvalue weighted by Gasteiger charge is -2.08. The van der Waals surface area contributed by atoms with Crippen LogP contribution in [0.25, 0.3) is 0 Å². The van der Waals surface area contributed by atoms with Gasteiger partial charge in [-0.25, -0.2) is 9.97 Å². The molecule has 3 heteroatoms. The zero-order chi connectivity index (χ0) is 8.23. The molecule has 0 bridgehead atoms. The van der Waals surface area contributed by atoms with Crippen LogP contribution in [0, 0.1) is 0 Å². The fourth-order valence-corrected chi connectivity index (χ4v) is 1.32. The molecule has 0 aromatic carbocycles. The van der Waals surface area contributed by atoms with Gasteiger partial charge < -0.3 is 5.32 Å². The van der Waals surface area contributed by atoms with Gasteiger partial charge in [0.25, 0.3) is 0 Å². The molecule has 12 heavy (non-hydrogen) atoms. The van der Waals surface area contributed by atoms with Crippen molar-refractivity contribution in [1.82, 2.24) is 15.3 Å². The summed E-state index contributed by atoms with van der Waals surface area (Å²) in [6.45, 7) is 0.959. The summed E-state index contributed by atoms with van der Waals surface area (Å²) in [6, 6.07) is 0. The van der Waals surface area contributed by atoms with Crippen LogP contribution in [0.4, 0.5) is 0 Å². The molecule has 0 fully saturated rings. The molecule has 2 rings (SSSR count). The molecule has 1 aliphatic heterocycles. The normalized spacial score (nSPS) is 15.7. The van der Waals surface area contributed by atoms with E-state index in [4.69, 9.17) is 0 Å². The molecule has 0 unspecified atom stereocenters. The Morgan fingerprint density at radius 1 is 1.42 bits per heavy atom. The van der Waals surface area contributed by atoms with Crippen LogP contribution in [0.5, 0.6) is 0 Å². The third-order valence-corrected chi connectivity index (χ3v) is 1.96. The Bertz CT molecular complexity index is 294. The summed E-state index contributed by atoms with van der Waals surface area (Å²) >= 11 is 0. The van der Waals surface area contributed by atoms with E-state index in [0.717, 1.165) is 19.4 Å². The van der Waals surface area contributed by atoms with Crippen LogP contribution in [0.15, 0.2) is 24.8 Å². The van der Waals surface area contributed by atoms with Crippen LogP contribution in [0.2, 0.25) is 0 Å². The van der Waals surface area contributed by atoms with Gasteiger partial charge in [-0.05, 0) is 18.2 Å². The van der Waals surface area contributed by atoms with E-state index in [0.29, 0.717) is 0 Å². The number of hydrogen-bond acceptors (Lipinski definition) is 3. The van der Waals surface area contributed by atoms with Crippen molar-refractivity contribution < 1.29 is 0 Å². The van der Waals surface area contributed by atoms with Gasteiger partial charge in [0.05, 0.1) is 0 Å². The molecule has 0 aliphatic carbocycles.